The lowest BCUT2D eigenvalue weighted by molar-refractivity contribution is -0.217. The molecule has 0 aliphatic heterocycles. The quantitative estimate of drug-likeness (QED) is 0.322. The van der Waals surface area contributed by atoms with Crippen molar-refractivity contribution in [1.29, 1.82) is 0 Å². The largest absolute Gasteiger partial charge is 0.505 e. The molecule has 5 aliphatic carbocycles. The second-order valence-corrected chi connectivity index (χ2v) is 14.4. The van der Waals surface area contributed by atoms with Crippen LogP contribution in [0.15, 0.2) is 24.0 Å². The van der Waals surface area contributed by atoms with Crippen molar-refractivity contribution in [2.45, 2.75) is 92.9 Å². The van der Waals surface area contributed by atoms with Gasteiger partial charge in [-0.3, -0.25) is 9.59 Å². The summed E-state index contributed by atoms with van der Waals surface area (Å²) in [7, 11) is 0. The molecule has 4 saturated carbocycles. The fraction of sp³-hybridized carbons (Fsp3) is 0.800. The fourth-order valence-corrected chi connectivity index (χ4v) is 11.3. The molecule has 0 aromatic carbocycles. The van der Waals surface area contributed by atoms with Gasteiger partial charge in [0.2, 0.25) is 11.0 Å². The first-order valence-corrected chi connectivity index (χ1v) is 13.9. The van der Waals surface area contributed by atoms with E-state index in [0.29, 0.717) is 17.8 Å². The number of hydrogen-bond donors (Lipinski definition) is 1. The van der Waals surface area contributed by atoms with Gasteiger partial charge in [0.15, 0.2) is 5.76 Å². The van der Waals surface area contributed by atoms with Gasteiger partial charge < -0.3 is 5.11 Å². The van der Waals surface area contributed by atoms with Crippen LogP contribution in [0, 0.1) is 56.7 Å². The Morgan fingerprint density at radius 1 is 0.971 bits per heavy atom. The maximum Gasteiger partial charge on any atom is 0.228 e. The first kappa shape index (κ1) is 24.6. The topological polar surface area (TPSA) is 54.4 Å². The minimum absolute atomic E-state index is 0.0335. The highest BCUT2D eigenvalue weighted by atomic mass is 35.5. The fourth-order valence-electron chi connectivity index (χ4n) is 11.0. The minimum Gasteiger partial charge on any atom is -0.505 e. The molecular formula is C30H43ClO3. The summed E-state index contributed by atoms with van der Waals surface area (Å²) in [6.07, 6.45) is 10.0. The lowest BCUT2D eigenvalue weighted by atomic mass is 9.33. The van der Waals surface area contributed by atoms with E-state index >= 15 is 0 Å². The molecule has 0 unspecified atom stereocenters. The van der Waals surface area contributed by atoms with Crippen molar-refractivity contribution < 1.29 is 14.7 Å². The number of carbonyl (C=O) groups is 2. The zero-order valence-electron chi connectivity index (χ0n) is 22.0. The number of rotatable bonds is 2. The molecule has 0 amide bonds. The van der Waals surface area contributed by atoms with Gasteiger partial charge in [-0.2, -0.15) is 0 Å². The molecule has 0 aromatic heterocycles. The molecule has 5 aliphatic rings. The Balaban J connectivity index is 1.61. The van der Waals surface area contributed by atoms with Gasteiger partial charge in [-0.15, -0.1) is 0 Å². The number of ketones is 1. The van der Waals surface area contributed by atoms with Crippen LogP contribution >= 0.6 is 11.6 Å². The predicted octanol–water partition coefficient (Wildman–Crippen LogP) is 7.64. The Bertz CT molecular complexity index is 995. The van der Waals surface area contributed by atoms with Gasteiger partial charge in [0.05, 0.1) is 0 Å². The average Bonchev–Trinajstić information content (AvgIpc) is 3.14. The molecule has 0 radical (unpaired) electrons. The summed E-state index contributed by atoms with van der Waals surface area (Å²) in [6.45, 7) is 17.9. The van der Waals surface area contributed by atoms with Crippen LogP contribution in [0.4, 0.5) is 0 Å². The standard InChI is InChI=1S/C30H43ClO3/c1-17(2)18-10-13-30(25(31)34)15-14-28(6)19(23(18)30)8-9-22-27(5)16-20(32)24(33)26(3,4)21(27)11-12-29(22,28)7/h16,18-19,21-23,32H,1,8-15H2,2-7H3/t18-,19+,21-,22+,23+,27-,28+,29+,30-/m0/s1. The van der Waals surface area contributed by atoms with Crippen molar-refractivity contribution in [3.8, 4) is 0 Å². The summed E-state index contributed by atoms with van der Waals surface area (Å²) >= 11 is 6.41. The second kappa shape index (κ2) is 7.24. The van der Waals surface area contributed by atoms with Crippen LogP contribution in [-0.2, 0) is 9.59 Å². The van der Waals surface area contributed by atoms with E-state index in [1.54, 1.807) is 0 Å². The average molecular weight is 487 g/mol. The SMILES string of the molecule is C=C(C)[C@@H]1CC[C@]2(C(=O)Cl)CC[C@]3(C)[C@H](CC[C@@H]4[C@@]5(C)C=C(O)C(=O)C(C)(C)[C@@H]5CC[C@]43C)[C@@H]12. The molecule has 1 N–H and O–H groups in total. The van der Waals surface area contributed by atoms with E-state index < -0.39 is 10.8 Å². The molecule has 0 bridgehead atoms. The van der Waals surface area contributed by atoms with Gasteiger partial charge >= 0.3 is 0 Å². The Morgan fingerprint density at radius 3 is 2.26 bits per heavy atom. The van der Waals surface area contributed by atoms with Gasteiger partial charge in [-0.1, -0.05) is 46.8 Å². The first-order valence-electron chi connectivity index (χ1n) is 13.5. The molecule has 34 heavy (non-hydrogen) atoms. The van der Waals surface area contributed by atoms with Crippen molar-refractivity contribution >= 4 is 22.6 Å². The number of halogens is 1. The number of Topliss-reactive ketones (excluding diaryl/α,β-unsaturated/α-hetero) is 1. The number of hydrogen-bond acceptors (Lipinski definition) is 3. The van der Waals surface area contributed by atoms with Crippen molar-refractivity contribution in [2.24, 2.45) is 56.7 Å². The van der Waals surface area contributed by atoms with Crippen LogP contribution in [-0.4, -0.2) is 16.1 Å². The Labute approximate surface area is 210 Å². The maximum atomic E-state index is 13.0. The van der Waals surface area contributed by atoms with E-state index in [-0.39, 0.29) is 44.9 Å². The number of fused-ring (bicyclic) bond motifs is 7. The van der Waals surface area contributed by atoms with Crippen molar-refractivity contribution in [1.82, 2.24) is 0 Å². The summed E-state index contributed by atoms with van der Waals surface area (Å²) in [5, 5.41) is 10.6. The van der Waals surface area contributed by atoms with Crippen LogP contribution in [0.1, 0.15) is 92.9 Å². The molecule has 0 heterocycles. The van der Waals surface area contributed by atoms with E-state index in [1.807, 2.05) is 19.9 Å². The van der Waals surface area contributed by atoms with E-state index in [9.17, 15) is 14.7 Å². The van der Waals surface area contributed by atoms with E-state index in [4.69, 9.17) is 11.6 Å². The normalized spacial score (nSPS) is 51.4. The molecule has 3 nitrogen and oxygen atoms in total. The van der Waals surface area contributed by atoms with Crippen molar-refractivity contribution in [3.63, 3.8) is 0 Å². The maximum absolute atomic E-state index is 13.0. The lowest BCUT2D eigenvalue weighted by Gasteiger charge is -2.71. The lowest BCUT2D eigenvalue weighted by Crippen LogP contribution is -2.66. The molecular weight excluding hydrogens is 444 g/mol. The summed E-state index contributed by atoms with van der Waals surface area (Å²) in [5.74, 6) is 1.61. The Morgan fingerprint density at radius 2 is 1.65 bits per heavy atom. The van der Waals surface area contributed by atoms with Gasteiger partial charge in [0, 0.05) is 10.8 Å². The zero-order valence-corrected chi connectivity index (χ0v) is 22.7. The third-order valence-electron chi connectivity index (χ3n) is 12.8. The molecule has 0 spiro atoms. The van der Waals surface area contributed by atoms with Gasteiger partial charge in [0.25, 0.3) is 0 Å². The molecule has 0 aromatic rings. The van der Waals surface area contributed by atoms with Crippen molar-refractivity contribution in [3.05, 3.63) is 24.0 Å². The summed E-state index contributed by atoms with van der Waals surface area (Å²) in [5.41, 5.74) is 0.239. The highest BCUT2D eigenvalue weighted by Gasteiger charge is 2.71. The van der Waals surface area contributed by atoms with Crippen LogP contribution < -0.4 is 0 Å². The Kier molecular flexibility index (Phi) is 5.23. The van der Waals surface area contributed by atoms with Crippen LogP contribution in [0.25, 0.3) is 0 Å². The molecule has 0 saturated heterocycles. The number of aliphatic hydroxyl groups excluding tert-OH is 1. The first-order chi connectivity index (χ1) is 15.7. The molecule has 188 valence electrons. The predicted molar refractivity (Wildman–Crippen MR) is 136 cm³/mol. The monoisotopic (exact) mass is 486 g/mol. The molecule has 4 heteroatoms. The van der Waals surface area contributed by atoms with E-state index in [2.05, 4.69) is 34.3 Å². The van der Waals surface area contributed by atoms with Crippen molar-refractivity contribution in [2.75, 3.05) is 0 Å². The summed E-state index contributed by atoms with van der Waals surface area (Å²) in [4.78, 5) is 25.9. The van der Waals surface area contributed by atoms with Gasteiger partial charge in [-0.25, -0.2) is 0 Å². The smallest absolute Gasteiger partial charge is 0.228 e. The van der Waals surface area contributed by atoms with Crippen LogP contribution in [0.3, 0.4) is 0 Å². The number of allylic oxidation sites excluding steroid dienone is 3. The van der Waals surface area contributed by atoms with Crippen LogP contribution in [0.5, 0.6) is 0 Å². The zero-order chi connectivity index (χ0) is 25.1. The molecule has 4 fully saturated rings. The summed E-state index contributed by atoms with van der Waals surface area (Å²) in [6, 6.07) is 0. The highest BCUT2D eigenvalue weighted by molar-refractivity contribution is 6.64. The molecule has 9 atom stereocenters. The van der Waals surface area contributed by atoms with E-state index in [1.165, 1.54) is 5.57 Å². The third kappa shape index (κ3) is 2.72. The van der Waals surface area contributed by atoms with Crippen LogP contribution in [0.2, 0.25) is 0 Å². The minimum atomic E-state index is -0.546. The van der Waals surface area contributed by atoms with Gasteiger partial charge in [0.1, 0.15) is 0 Å². The highest BCUT2D eigenvalue weighted by Crippen LogP contribution is 2.77. The molecule has 5 rings (SSSR count). The van der Waals surface area contributed by atoms with Gasteiger partial charge in [-0.05, 0) is 122 Å². The Hall–Kier alpha value is -1.09. The summed E-state index contributed by atoms with van der Waals surface area (Å²) < 4.78 is 0. The second-order valence-electron chi connectivity index (χ2n) is 14.1. The van der Waals surface area contributed by atoms with E-state index in [0.717, 1.165) is 51.4 Å². The third-order valence-corrected chi connectivity index (χ3v) is 13.1. The number of aliphatic hydroxyl groups is 1. The number of carbonyl (C=O) groups excluding carboxylic acids is 2.